The lowest BCUT2D eigenvalue weighted by Gasteiger charge is -2.07. The molecule has 2 rings (SSSR count). The van der Waals surface area contributed by atoms with Gasteiger partial charge < -0.3 is 5.11 Å². The fourth-order valence-electron chi connectivity index (χ4n) is 1.49. The standard InChI is InChI=1S/C13H14N2O3S/c1-10-2-5-12(6-3-10)19(17,18)15-13-7-4-11(9-16)8-14-13/h2-8,16H,9H2,1H3,(H,14,15). The molecular formula is C13H14N2O3S. The topological polar surface area (TPSA) is 79.3 Å². The summed E-state index contributed by atoms with van der Waals surface area (Å²) in [5.74, 6) is 0.220. The Hall–Kier alpha value is -1.92. The van der Waals surface area contributed by atoms with Gasteiger partial charge in [-0.25, -0.2) is 13.4 Å². The largest absolute Gasteiger partial charge is 0.392 e. The molecule has 0 radical (unpaired) electrons. The Labute approximate surface area is 112 Å². The predicted octanol–water partition coefficient (Wildman–Crippen LogP) is 1.68. The van der Waals surface area contributed by atoms with Crippen molar-refractivity contribution in [3.63, 3.8) is 0 Å². The summed E-state index contributed by atoms with van der Waals surface area (Å²) in [7, 11) is -3.62. The normalized spacial score (nSPS) is 11.3. The van der Waals surface area contributed by atoms with Crippen LogP contribution in [0.2, 0.25) is 0 Å². The molecule has 1 heterocycles. The first-order chi connectivity index (χ1) is 9.01. The average molecular weight is 278 g/mol. The van der Waals surface area contributed by atoms with Gasteiger partial charge in [0, 0.05) is 6.20 Å². The number of aryl methyl sites for hydroxylation is 1. The Morgan fingerprint density at radius 3 is 2.37 bits per heavy atom. The summed E-state index contributed by atoms with van der Waals surface area (Å²) in [6.07, 6.45) is 1.42. The fraction of sp³-hybridized carbons (Fsp3) is 0.154. The molecule has 0 unspecified atom stereocenters. The van der Waals surface area contributed by atoms with Crippen molar-refractivity contribution in [1.29, 1.82) is 0 Å². The van der Waals surface area contributed by atoms with Gasteiger partial charge in [0.2, 0.25) is 0 Å². The Bertz CT molecular complexity index is 649. The van der Waals surface area contributed by atoms with Gasteiger partial charge in [-0.2, -0.15) is 0 Å². The van der Waals surface area contributed by atoms with Crippen LogP contribution in [0.25, 0.3) is 0 Å². The van der Waals surface area contributed by atoms with Crippen molar-refractivity contribution in [2.45, 2.75) is 18.4 Å². The Morgan fingerprint density at radius 1 is 1.16 bits per heavy atom. The first-order valence-electron chi connectivity index (χ1n) is 5.66. The lowest BCUT2D eigenvalue weighted by atomic mass is 10.2. The molecule has 0 bridgehead atoms. The SMILES string of the molecule is Cc1ccc(S(=O)(=O)Nc2ccc(CO)cn2)cc1. The third-order valence-corrected chi connectivity index (χ3v) is 3.95. The van der Waals surface area contributed by atoms with Crippen LogP contribution in [0.3, 0.4) is 0 Å². The lowest BCUT2D eigenvalue weighted by molar-refractivity contribution is 0.281. The molecule has 0 fully saturated rings. The zero-order chi connectivity index (χ0) is 13.9. The van der Waals surface area contributed by atoms with Gasteiger partial charge in [0.25, 0.3) is 10.0 Å². The highest BCUT2D eigenvalue weighted by Gasteiger charge is 2.14. The highest BCUT2D eigenvalue weighted by Crippen LogP contribution is 2.15. The van der Waals surface area contributed by atoms with E-state index in [4.69, 9.17) is 5.11 Å². The molecule has 100 valence electrons. The summed E-state index contributed by atoms with van der Waals surface area (Å²) in [6.45, 7) is 1.76. The third kappa shape index (κ3) is 3.30. The molecule has 1 aromatic heterocycles. The van der Waals surface area contributed by atoms with Crippen molar-refractivity contribution < 1.29 is 13.5 Å². The second kappa shape index (κ2) is 5.38. The minimum atomic E-state index is -3.62. The second-order valence-corrected chi connectivity index (χ2v) is 5.81. The molecule has 0 spiro atoms. The number of aliphatic hydroxyl groups excluding tert-OH is 1. The minimum Gasteiger partial charge on any atom is -0.392 e. The van der Waals surface area contributed by atoms with Gasteiger partial charge in [-0.1, -0.05) is 23.8 Å². The Balaban J connectivity index is 2.23. The smallest absolute Gasteiger partial charge is 0.263 e. The van der Waals surface area contributed by atoms with Gasteiger partial charge in [0.15, 0.2) is 0 Å². The van der Waals surface area contributed by atoms with Crippen molar-refractivity contribution >= 4 is 15.8 Å². The molecule has 0 saturated carbocycles. The molecule has 2 N–H and O–H groups in total. The van der Waals surface area contributed by atoms with Crippen LogP contribution in [0.4, 0.5) is 5.82 Å². The molecule has 19 heavy (non-hydrogen) atoms. The molecular weight excluding hydrogens is 264 g/mol. The van der Waals surface area contributed by atoms with Gasteiger partial charge >= 0.3 is 0 Å². The number of aliphatic hydroxyl groups is 1. The molecule has 6 heteroatoms. The highest BCUT2D eigenvalue weighted by atomic mass is 32.2. The molecule has 0 aliphatic heterocycles. The summed E-state index contributed by atoms with van der Waals surface area (Å²) >= 11 is 0. The Morgan fingerprint density at radius 2 is 1.84 bits per heavy atom. The molecule has 1 aromatic carbocycles. The monoisotopic (exact) mass is 278 g/mol. The first kappa shape index (κ1) is 13.5. The van der Waals surface area contributed by atoms with Crippen molar-refractivity contribution in [3.05, 3.63) is 53.7 Å². The number of sulfonamides is 1. The number of hydrogen-bond donors (Lipinski definition) is 2. The lowest BCUT2D eigenvalue weighted by Crippen LogP contribution is -2.13. The van der Waals surface area contributed by atoms with Crippen molar-refractivity contribution in [2.75, 3.05) is 4.72 Å². The number of pyridine rings is 1. The van der Waals surface area contributed by atoms with Gasteiger partial charge in [0.1, 0.15) is 5.82 Å². The first-order valence-corrected chi connectivity index (χ1v) is 7.15. The van der Waals surface area contributed by atoms with Crippen LogP contribution in [0.5, 0.6) is 0 Å². The van der Waals surface area contributed by atoms with Crippen LogP contribution in [-0.4, -0.2) is 18.5 Å². The average Bonchev–Trinajstić information content (AvgIpc) is 2.40. The molecule has 0 aliphatic carbocycles. The van der Waals surface area contributed by atoms with Crippen LogP contribution < -0.4 is 4.72 Å². The number of rotatable bonds is 4. The maximum Gasteiger partial charge on any atom is 0.263 e. The summed E-state index contributed by atoms with van der Waals surface area (Å²) in [4.78, 5) is 4.11. The predicted molar refractivity (Wildman–Crippen MR) is 72.1 cm³/mol. The minimum absolute atomic E-state index is 0.127. The Kier molecular flexibility index (Phi) is 3.82. The second-order valence-electron chi connectivity index (χ2n) is 4.13. The number of nitrogens with one attached hydrogen (secondary N) is 1. The quantitative estimate of drug-likeness (QED) is 0.892. The van der Waals surface area contributed by atoms with Crippen LogP contribution >= 0.6 is 0 Å². The highest BCUT2D eigenvalue weighted by molar-refractivity contribution is 7.92. The zero-order valence-electron chi connectivity index (χ0n) is 10.4. The van der Waals surface area contributed by atoms with Crippen molar-refractivity contribution in [2.24, 2.45) is 0 Å². The van der Waals surface area contributed by atoms with E-state index in [-0.39, 0.29) is 17.3 Å². The molecule has 5 nitrogen and oxygen atoms in total. The third-order valence-electron chi connectivity index (χ3n) is 2.58. The van der Waals surface area contributed by atoms with E-state index in [1.807, 2.05) is 6.92 Å². The summed E-state index contributed by atoms with van der Waals surface area (Å²) in [5.41, 5.74) is 1.61. The molecule has 2 aromatic rings. The van der Waals surface area contributed by atoms with E-state index in [1.165, 1.54) is 12.3 Å². The number of aromatic nitrogens is 1. The maximum atomic E-state index is 12.1. The van der Waals surface area contributed by atoms with E-state index >= 15 is 0 Å². The van der Waals surface area contributed by atoms with E-state index in [9.17, 15) is 8.42 Å². The maximum absolute atomic E-state index is 12.1. The molecule has 0 amide bonds. The number of benzene rings is 1. The number of nitrogens with zero attached hydrogens (tertiary/aromatic N) is 1. The summed E-state index contributed by atoms with van der Waals surface area (Å²) in [6, 6.07) is 9.67. The van der Waals surface area contributed by atoms with Crippen LogP contribution in [0, 0.1) is 6.92 Å². The fourth-order valence-corrected chi connectivity index (χ4v) is 2.50. The van der Waals surface area contributed by atoms with Gasteiger partial charge in [-0.3, -0.25) is 4.72 Å². The van der Waals surface area contributed by atoms with Crippen molar-refractivity contribution in [1.82, 2.24) is 4.98 Å². The molecule has 0 atom stereocenters. The van der Waals surface area contributed by atoms with E-state index in [1.54, 1.807) is 30.3 Å². The van der Waals surface area contributed by atoms with Gasteiger partial charge in [0.05, 0.1) is 11.5 Å². The van der Waals surface area contributed by atoms with E-state index in [0.717, 1.165) is 5.56 Å². The van der Waals surface area contributed by atoms with Crippen LogP contribution in [-0.2, 0) is 16.6 Å². The summed E-state index contributed by atoms with van der Waals surface area (Å²) < 4.78 is 26.5. The van der Waals surface area contributed by atoms with Crippen molar-refractivity contribution in [3.8, 4) is 0 Å². The molecule has 0 saturated heterocycles. The number of anilines is 1. The van der Waals surface area contributed by atoms with E-state index in [0.29, 0.717) is 5.56 Å². The van der Waals surface area contributed by atoms with Crippen LogP contribution in [0.15, 0.2) is 47.5 Å². The van der Waals surface area contributed by atoms with Gasteiger partial charge in [-0.15, -0.1) is 0 Å². The van der Waals surface area contributed by atoms with Crippen LogP contribution in [0.1, 0.15) is 11.1 Å². The van der Waals surface area contributed by atoms with Gasteiger partial charge in [-0.05, 0) is 30.7 Å². The summed E-state index contributed by atoms with van der Waals surface area (Å²) in [5, 5.41) is 8.89. The number of hydrogen-bond acceptors (Lipinski definition) is 4. The zero-order valence-corrected chi connectivity index (χ0v) is 11.2. The van der Waals surface area contributed by atoms with E-state index in [2.05, 4.69) is 9.71 Å². The van der Waals surface area contributed by atoms with E-state index < -0.39 is 10.0 Å². The molecule has 0 aliphatic rings.